The van der Waals surface area contributed by atoms with Crippen LogP contribution in [-0.4, -0.2) is 44.3 Å². The number of hydrogen-bond donors (Lipinski definition) is 0. The Hall–Kier alpha value is -2.17. The molecule has 0 amide bonds. The summed E-state index contributed by atoms with van der Waals surface area (Å²) in [6.45, 7) is 15.8. The molecule has 2 unspecified atom stereocenters. The van der Waals surface area contributed by atoms with Gasteiger partial charge in [0.05, 0.1) is 12.1 Å². The van der Waals surface area contributed by atoms with Crippen molar-refractivity contribution < 1.29 is 9.47 Å². The zero-order valence-electron chi connectivity index (χ0n) is 20.9. The van der Waals surface area contributed by atoms with Crippen LogP contribution in [0.3, 0.4) is 0 Å². The molecule has 0 saturated carbocycles. The lowest BCUT2D eigenvalue weighted by Gasteiger charge is -2.49. The van der Waals surface area contributed by atoms with Crippen LogP contribution in [0.5, 0.6) is 11.5 Å². The maximum absolute atomic E-state index is 6.23. The van der Waals surface area contributed by atoms with Gasteiger partial charge in [0.1, 0.15) is 18.1 Å². The van der Waals surface area contributed by atoms with E-state index in [1.807, 2.05) is 19.9 Å². The summed E-state index contributed by atoms with van der Waals surface area (Å²) in [6.07, 6.45) is 5.52. The van der Waals surface area contributed by atoms with Crippen molar-refractivity contribution in [2.75, 3.05) is 38.3 Å². The standard InChI is InChI=1S/C26H33ClN2O2.C2H6/c1-5-15-31-25-12-10-22(18(2)19(25)3)24-8-6-7-21-17-28(13-14-29(21)24)20-9-11-23(27)26(16-20)30-4;1-2/h5,9-12,16,21,24H,1,6-8,13-15,17H2,2-4H3;1-2H3. The predicted octanol–water partition coefficient (Wildman–Crippen LogP) is 6.97. The van der Waals surface area contributed by atoms with E-state index in [9.17, 15) is 0 Å². The molecular formula is C28H39ClN2O2. The van der Waals surface area contributed by atoms with Crippen molar-refractivity contribution >= 4 is 17.3 Å². The summed E-state index contributed by atoms with van der Waals surface area (Å²) < 4.78 is 11.3. The number of piperazine rings is 1. The lowest BCUT2D eigenvalue weighted by atomic mass is 9.86. The number of halogens is 1. The lowest BCUT2D eigenvalue weighted by Crippen LogP contribution is -2.56. The van der Waals surface area contributed by atoms with E-state index in [1.165, 1.54) is 41.6 Å². The molecule has 2 heterocycles. The molecule has 4 rings (SSSR count). The summed E-state index contributed by atoms with van der Waals surface area (Å²) in [4.78, 5) is 5.21. The molecule has 4 nitrogen and oxygen atoms in total. The molecule has 2 aliphatic heterocycles. The van der Waals surface area contributed by atoms with Crippen molar-refractivity contribution in [3.05, 3.63) is 64.7 Å². The molecule has 0 aliphatic carbocycles. The molecule has 2 aromatic rings. The molecular weight excluding hydrogens is 432 g/mol. The molecule has 5 heteroatoms. The first-order chi connectivity index (χ1) is 16.0. The second-order valence-corrected chi connectivity index (χ2v) is 9.01. The van der Waals surface area contributed by atoms with Gasteiger partial charge >= 0.3 is 0 Å². The van der Waals surface area contributed by atoms with Gasteiger partial charge in [-0.2, -0.15) is 0 Å². The van der Waals surface area contributed by atoms with Crippen LogP contribution in [0.4, 0.5) is 5.69 Å². The molecule has 0 N–H and O–H groups in total. The van der Waals surface area contributed by atoms with E-state index in [2.05, 4.69) is 54.5 Å². The number of anilines is 1. The van der Waals surface area contributed by atoms with Gasteiger partial charge in [0.2, 0.25) is 0 Å². The second kappa shape index (κ2) is 11.8. The molecule has 0 radical (unpaired) electrons. The minimum absolute atomic E-state index is 0.479. The Balaban J connectivity index is 0.00000149. The zero-order valence-corrected chi connectivity index (χ0v) is 21.6. The van der Waals surface area contributed by atoms with Crippen molar-refractivity contribution in [2.24, 2.45) is 0 Å². The van der Waals surface area contributed by atoms with E-state index in [0.29, 0.717) is 23.7 Å². The summed E-state index contributed by atoms with van der Waals surface area (Å²) in [5, 5.41) is 0.661. The Bertz CT molecular complexity index is 946. The fourth-order valence-electron chi connectivity index (χ4n) is 5.15. The minimum atomic E-state index is 0.479. The van der Waals surface area contributed by atoms with Crippen LogP contribution in [0.15, 0.2) is 43.0 Å². The Labute approximate surface area is 205 Å². The first kappa shape index (κ1) is 25.5. The fraction of sp³-hybridized carbons (Fsp3) is 0.500. The molecule has 33 heavy (non-hydrogen) atoms. The van der Waals surface area contributed by atoms with E-state index in [0.717, 1.165) is 31.1 Å². The number of benzene rings is 2. The average Bonchev–Trinajstić information content (AvgIpc) is 2.86. The number of nitrogens with zero attached hydrogens (tertiary/aromatic N) is 2. The number of hydrogen-bond acceptors (Lipinski definition) is 4. The minimum Gasteiger partial charge on any atom is -0.495 e. The van der Waals surface area contributed by atoms with Crippen LogP contribution in [0.2, 0.25) is 5.02 Å². The number of ether oxygens (including phenoxy) is 2. The molecule has 0 aromatic heterocycles. The summed E-state index contributed by atoms with van der Waals surface area (Å²) in [5.41, 5.74) is 5.25. The van der Waals surface area contributed by atoms with Gasteiger partial charge in [-0.25, -0.2) is 0 Å². The van der Waals surface area contributed by atoms with Gasteiger partial charge < -0.3 is 14.4 Å². The molecule has 0 spiro atoms. The van der Waals surface area contributed by atoms with Crippen LogP contribution in [-0.2, 0) is 0 Å². The second-order valence-electron chi connectivity index (χ2n) is 8.61. The third kappa shape index (κ3) is 5.50. The summed E-state index contributed by atoms with van der Waals surface area (Å²) in [7, 11) is 1.67. The molecule has 2 saturated heterocycles. The number of fused-ring (bicyclic) bond motifs is 1. The Kier molecular flexibility index (Phi) is 9.10. The van der Waals surface area contributed by atoms with Crippen molar-refractivity contribution in [3.8, 4) is 11.5 Å². The van der Waals surface area contributed by atoms with Crippen LogP contribution in [0.1, 0.15) is 55.8 Å². The molecule has 0 bridgehead atoms. The highest BCUT2D eigenvalue weighted by atomic mass is 35.5. The van der Waals surface area contributed by atoms with Crippen LogP contribution in [0, 0.1) is 13.8 Å². The molecule has 2 atom stereocenters. The Morgan fingerprint density at radius 2 is 1.85 bits per heavy atom. The van der Waals surface area contributed by atoms with Crippen molar-refractivity contribution in [3.63, 3.8) is 0 Å². The first-order valence-corrected chi connectivity index (χ1v) is 12.6. The van der Waals surface area contributed by atoms with E-state index in [-0.39, 0.29) is 0 Å². The third-order valence-electron chi connectivity index (χ3n) is 6.94. The molecule has 2 aromatic carbocycles. The predicted molar refractivity (Wildman–Crippen MR) is 140 cm³/mol. The van der Waals surface area contributed by atoms with Crippen molar-refractivity contribution in [2.45, 2.75) is 59.0 Å². The summed E-state index contributed by atoms with van der Waals surface area (Å²) in [5.74, 6) is 1.71. The third-order valence-corrected chi connectivity index (χ3v) is 7.25. The van der Waals surface area contributed by atoms with Gasteiger partial charge in [-0.15, -0.1) is 0 Å². The molecule has 180 valence electrons. The number of rotatable bonds is 6. The van der Waals surface area contributed by atoms with Crippen LogP contribution >= 0.6 is 11.6 Å². The maximum Gasteiger partial charge on any atom is 0.139 e. The zero-order chi connectivity index (χ0) is 24.0. The van der Waals surface area contributed by atoms with Gasteiger partial charge in [-0.3, -0.25) is 4.90 Å². The first-order valence-electron chi connectivity index (χ1n) is 12.2. The van der Waals surface area contributed by atoms with Crippen LogP contribution in [0.25, 0.3) is 0 Å². The summed E-state index contributed by atoms with van der Waals surface area (Å²) >= 11 is 6.23. The highest BCUT2D eigenvalue weighted by molar-refractivity contribution is 6.32. The van der Waals surface area contributed by atoms with E-state index < -0.39 is 0 Å². The summed E-state index contributed by atoms with van der Waals surface area (Å²) in [6, 6.07) is 11.6. The fourth-order valence-corrected chi connectivity index (χ4v) is 5.34. The monoisotopic (exact) mass is 470 g/mol. The SMILES string of the molecule is C=CCOc1ccc(C2CCCC3CN(c4ccc(Cl)c(OC)c4)CCN32)c(C)c1C.CC. The van der Waals surface area contributed by atoms with Gasteiger partial charge in [-0.05, 0) is 68.0 Å². The lowest BCUT2D eigenvalue weighted by molar-refractivity contribution is 0.0712. The topological polar surface area (TPSA) is 24.9 Å². The number of methoxy groups -OCH3 is 1. The van der Waals surface area contributed by atoms with E-state index >= 15 is 0 Å². The quantitative estimate of drug-likeness (QED) is 0.425. The van der Waals surface area contributed by atoms with Gasteiger partial charge in [0.25, 0.3) is 0 Å². The van der Waals surface area contributed by atoms with Gasteiger partial charge in [0.15, 0.2) is 0 Å². The maximum atomic E-state index is 6.23. The highest BCUT2D eigenvalue weighted by Gasteiger charge is 2.36. The Morgan fingerprint density at radius 1 is 1.06 bits per heavy atom. The Morgan fingerprint density at radius 3 is 2.58 bits per heavy atom. The van der Waals surface area contributed by atoms with Crippen molar-refractivity contribution in [1.29, 1.82) is 0 Å². The largest absolute Gasteiger partial charge is 0.495 e. The van der Waals surface area contributed by atoms with Crippen LogP contribution < -0.4 is 14.4 Å². The van der Waals surface area contributed by atoms with E-state index in [1.54, 1.807) is 13.2 Å². The van der Waals surface area contributed by atoms with Crippen molar-refractivity contribution in [1.82, 2.24) is 4.90 Å². The highest BCUT2D eigenvalue weighted by Crippen LogP contribution is 2.40. The molecule has 2 fully saturated rings. The normalized spacial score (nSPS) is 20.4. The van der Waals surface area contributed by atoms with Gasteiger partial charge in [0, 0.05) is 43.5 Å². The van der Waals surface area contributed by atoms with Gasteiger partial charge in [-0.1, -0.05) is 44.2 Å². The number of piperidine rings is 1. The average molecular weight is 471 g/mol. The van der Waals surface area contributed by atoms with E-state index in [4.69, 9.17) is 21.1 Å². The smallest absolute Gasteiger partial charge is 0.139 e. The molecule has 2 aliphatic rings.